The lowest BCUT2D eigenvalue weighted by atomic mass is 10.2. The Balaban J connectivity index is 1.67. The number of benzene rings is 1. The Morgan fingerprint density at radius 3 is 2.42 bits per heavy atom. The number of hydrogen-bond donors (Lipinski definition) is 1. The van der Waals surface area contributed by atoms with Crippen molar-refractivity contribution in [3.05, 3.63) is 55.5 Å². The lowest BCUT2D eigenvalue weighted by Crippen LogP contribution is -2.37. The van der Waals surface area contributed by atoms with Gasteiger partial charge in [-0.05, 0) is 38.1 Å². The molecular weight excluding hydrogens is 540 g/mol. The molecule has 0 fully saturated rings. The van der Waals surface area contributed by atoms with Crippen LogP contribution < -0.4 is 16.6 Å². The molecule has 0 saturated carbocycles. The van der Waals surface area contributed by atoms with Crippen LogP contribution in [-0.2, 0) is 43.2 Å². The number of sulfonamides is 1. The Morgan fingerprint density at radius 1 is 1.08 bits per heavy atom. The third-order valence-corrected chi connectivity index (χ3v) is 8.23. The van der Waals surface area contributed by atoms with E-state index in [9.17, 15) is 32.4 Å². The molecule has 3 rings (SSSR count). The first-order valence-electron chi connectivity index (χ1n) is 11.2. The molecule has 204 valence electrons. The third-order valence-electron chi connectivity index (χ3n) is 5.47. The van der Waals surface area contributed by atoms with Crippen molar-refractivity contribution in [3.63, 3.8) is 0 Å². The lowest BCUT2D eigenvalue weighted by molar-refractivity contribution is -0.147. The summed E-state index contributed by atoms with van der Waals surface area (Å²) in [6, 6.07) is 5.24. The number of amides is 1. The molecular formula is C23H26N4O9S2. The molecule has 38 heavy (non-hydrogen) atoms. The Hall–Kier alpha value is -3.82. The number of aromatic nitrogens is 2. The maximum absolute atomic E-state index is 13.0. The van der Waals surface area contributed by atoms with Crippen LogP contribution in [-0.4, -0.2) is 66.5 Å². The minimum absolute atomic E-state index is 0.00863. The number of thiophene rings is 1. The van der Waals surface area contributed by atoms with Crippen molar-refractivity contribution >= 4 is 55.1 Å². The van der Waals surface area contributed by atoms with E-state index >= 15 is 0 Å². The summed E-state index contributed by atoms with van der Waals surface area (Å²) < 4.78 is 38.7. The first-order chi connectivity index (χ1) is 17.8. The number of nitrogens with zero attached hydrogens (tertiary/aromatic N) is 3. The van der Waals surface area contributed by atoms with Gasteiger partial charge >= 0.3 is 17.6 Å². The number of anilines is 1. The minimum atomic E-state index is -4.24. The van der Waals surface area contributed by atoms with Crippen LogP contribution in [0.1, 0.15) is 22.2 Å². The summed E-state index contributed by atoms with van der Waals surface area (Å²) in [5.74, 6) is -2.34. The Kier molecular flexibility index (Phi) is 8.54. The molecule has 0 atom stereocenters. The van der Waals surface area contributed by atoms with Crippen molar-refractivity contribution in [2.45, 2.75) is 18.7 Å². The fraction of sp³-hybridized carbons (Fsp3) is 0.348. The number of aryl methyl sites for hydroxylation is 2. The molecule has 1 amide bonds. The van der Waals surface area contributed by atoms with Crippen molar-refractivity contribution in [3.8, 4) is 0 Å². The normalized spacial score (nSPS) is 11.5. The van der Waals surface area contributed by atoms with Crippen molar-refractivity contribution < 1.29 is 32.3 Å². The van der Waals surface area contributed by atoms with Crippen LogP contribution in [0.3, 0.4) is 0 Å². The van der Waals surface area contributed by atoms with Crippen LogP contribution in [0, 0.1) is 6.92 Å². The van der Waals surface area contributed by atoms with E-state index in [1.807, 2.05) is 0 Å². The van der Waals surface area contributed by atoms with Crippen LogP contribution in [0.2, 0.25) is 0 Å². The van der Waals surface area contributed by atoms with Crippen LogP contribution in [0.5, 0.6) is 0 Å². The van der Waals surface area contributed by atoms with E-state index in [2.05, 4.69) is 5.32 Å². The molecule has 2 aromatic heterocycles. The molecule has 0 aliphatic heterocycles. The second-order valence-electron chi connectivity index (χ2n) is 8.17. The van der Waals surface area contributed by atoms with Gasteiger partial charge in [0.25, 0.3) is 11.5 Å². The number of hydrogen-bond acceptors (Lipinski definition) is 10. The quantitative estimate of drug-likeness (QED) is 0.365. The van der Waals surface area contributed by atoms with Crippen molar-refractivity contribution in [2.75, 3.05) is 32.1 Å². The number of rotatable bonds is 9. The predicted octanol–water partition coefficient (Wildman–Crippen LogP) is 0.586. The first kappa shape index (κ1) is 28.7. The van der Waals surface area contributed by atoms with Gasteiger partial charge in [0.05, 0.1) is 28.0 Å². The molecule has 0 aliphatic carbocycles. The number of carbonyl (C=O) groups is 3. The number of nitrogens with one attached hydrogen (secondary N) is 1. The Morgan fingerprint density at radius 2 is 1.76 bits per heavy atom. The second kappa shape index (κ2) is 11.3. The van der Waals surface area contributed by atoms with Gasteiger partial charge in [-0.15, -0.1) is 11.3 Å². The van der Waals surface area contributed by atoms with Gasteiger partial charge in [0.15, 0.2) is 6.61 Å². The highest BCUT2D eigenvalue weighted by Gasteiger charge is 2.25. The van der Waals surface area contributed by atoms with Crippen molar-refractivity contribution in [1.29, 1.82) is 0 Å². The zero-order chi connectivity index (χ0) is 28.4. The average molecular weight is 567 g/mol. The lowest BCUT2D eigenvalue weighted by Gasteiger charge is -2.17. The van der Waals surface area contributed by atoms with Gasteiger partial charge in [0.1, 0.15) is 11.5 Å². The van der Waals surface area contributed by atoms with Crippen molar-refractivity contribution in [2.24, 2.45) is 14.1 Å². The molecule has 1 N–H and O–H groups in total. The average Bonchev–Trinajstić information content (AvgIpc) is 3.24. The van der Waals surface area contributed by atoms with E-state index in [0.717, 1.165) is 33.9 Å². The van der Waals surface area contributed by atoms with Gasteiger partial charge in [-0.2, -0.15) is 4.31 Å². The number of ether oxygens (including phenoxy) is 2. The van der Waals surface area contributed by atoms with E-state index in [4.69, 9.17) is 9.47 Å². The van der Waals surface area contributed by atoms with Gasteiger partial charge in [-0.25, -0.2) is 18.0 Å². The van der Waals surface area contributed by atoms with Crippen LogP contribution in [0.4, 0.5) is 5.00 Å². The molecule has 2 heterocycles. The molecule has 1 aromatic carbocycles. The van der Waals surface area contributed by atoms with E-state index in [1.54, 1.807) is 19.9 Å². The van der Waals surface area contributed by atoms with E-state index in [-0.39, 0.29) is 33.0 Å². The zero-order valence-corrected chi connectivity index (χ0v) is 22.9. The Labute approximate surface area is 221 Å². The number of esters is 2. The molecule has 0 radical (unpaired) electrons. The molecule has 13 nitrogen and oxygen atoms in total. The largest absolute Gasteiger partial charge is 0.462 e. The van der Waals surface area contributed by atoms with Gasteiger partial charge in [-0.3, -0.25) is 23.5 Å². The SMILES string of the molecule is CCOC(=O)c1cc(C)sc1NC(=O)COC(=O)CN(C)S(=O)(=O)c1ccc2c(c1)c(=O)n(C)c(=O)n2C. The summed E-state index contributed by atoms with van der Waals surface area (Å²) in [7, 11) is -0.367. The summed E-state index contributed by atoms with van der Waals surface area (Å²) in [4.78, 5) is 61.7. The van der Waals surface area contributed by atoms with Gasteiger partial charge in [-0.1, -0.05) is 0 Å². The smallest absolute Gasteiger partial charge is 0.341 e. The number of carbonyl (C=O) groups excluding carboxylic acids is 3. The third kappa shape index (κ3) is 5.84. The Bertz CT molecular complexity index is 1650. The summed E-state index contributed by atoms with van der Waals surface area (Å²) in [6.45, 7) is 2.12. The predicted molar refractivity (Wildman–Crippen MR) is 139 cm³/mol. The monoisotopic (exact) mass is 566 g/mol. The second-order valence-corrected chi connectivity index (χ2v) is 11.5. The van der Waals surface area contributed by atoms with Crippen LogP contribution in [0.15, 0.2) is 38.8 Å². The highest BCUT2D eigenvalue weighted by Crippen LogP contribution is 2.28. The van der Waals surface area contributed by atoms with Gasteiger partial charge < -0.3 is 14.8 Å². The van der Waals surface area contributed by atoms with Crippen molar-refractivity contribution in [1.82, 2.24) is 13.4 Å². The fourth-order valence-corrected chi connectivity index (χ4v) is 5.56. The van der Waals surface area contributed by atoms with Crippen LogP contribution >= 0.6 is 11.3 Å². The summed E-state index contributed by atoms with van der Waals surface area (Å²) in [5.41, 5.74) is -0.809. The highest BCUT2D eigenvalue weighted by molar-refractivity contribution is 7.89. The van der Waals surface area contributed by atoms with E-state index in [1.165, 1.54) is 30.8 Å². The number of fused-ring (bicyclic) bond motifs is 1. The van der Waals surface area contributed by atoms with Crippen LogP contribution in [0.25, 0.3) is 10.9 Å². The summed E-state index contributed by atoms with van der Waals surface area (Å²) in [6.07, 6.45) is 0. The number of likely N-dealkylation sites (N-methyl/N-ethyl adjacent to an activating group) is 1. The molecule has 0 aliphatic rings. The molecule has 0 unspecified atom stereocenters. The molecule has 0 spiro atoms. The molecule has 3 aromatic rings. The molecule has 15 heteroatoms. The maximum Gasteiger partial charge on any atom is 0.341 e. The highest BCUT2D eigenvalue weighted by atomic mass is 32.2. The van der Waals surface area contributed by atoms with Gasteiger partial charge in [0, 0.05) is 26.0 Å². The minimum Gasteiger partial charge on any atom is -0.462 e. The maximum atomic E-state index is 13.0. The molecule has 0 bridgehead atoms. The van der Waals surface area contributed by atoms with Gasteiger partial charge in [0.2, 0.25) is 10.0 Å². The zero-order valence-electron chi connectivity index (χ0n) is 21.3. The fourth-order valence-electron chi connectivity index (χ4n) is 3.50. The van der Waals surface area contributed by atoms with E-state index < -0.39 is 52.3 Å². The molecule has 0 saturated heterocycles. The summed E-state index contributed by atoms with van der Waals surface area (Å²) >= 11 is 1.14. The van der Waals surface area contributed by atoms with E-state index in [0.29, 0.717) is 4.31 Å². The standard InChI is InChI=1S/C23H26N4O9S2/c1-6-35-22(31)16-9-13(2)37-20(16)24-18(28)12-36-19(29)11-25(3)38(33,34)14-7-8-17-15(10-14)21(30)27(5)23(32)26(17)4/h7-10H,6,11-12H2,1-5H3,(H,24,28). The summed E-state index contributed by atoms with van der Waals surface area (Å²) in [5, 5.41) is 2.73. The topological polar surface area (TPSA) is 163 Å². The first-order valence-corrected chi connectivity index (χ1v) is 13.4.